The number of carbonyl (C=O) groups is 1. The van der Waals surface area contributed by atoms with E-state index < -0.39 is 0 Å². The first kappa shape index (κ1) is 20.4. The minimum absolute atomic E-state index is 0.202. The van der Waals surface area contributed by atoms with Gasteiger partial charge in [0, 0.05) is 31.0 Å². The van der Waals surface area contributed by atoms with Gasteiger partial charge in [-0.15, -0.1) is 0 Å². The number of piperidine rings is 1. The van der Waals surface area contributed by atoms with Crippen molar-refractivity contribution in [1.29, 1.82) is 0 Å². The number of amides is 2. The van der Waals surface area contributed by atoms with E-state index in [0.717, 1.165) is 38.2 Å². The maximum atomic E-state index is 12.3. The fourth-order valence-corrected chi connectivity index (χ4v) is 3.54. The number of halogens is 1. The molecule has 2 N–H and O–H groups in total. The Morgan fingerprint density at radius 3 is 2.79 bits per heavy atom. The Labute approximate surface area is 171 Å². The van der Waals surface area contributed by atoms with E-state index in [-0.39, 0.29) is 12.1 Å². The number of hydrogen-bond donors (Lipinski definition) is 2. The molecule has 7 heteroatoms. The highest BCUT2D eigenvalue weighted by atomic mass is 35.5. The Kier molecular flexibility index (Phi) is 7.51. The minimum Gasteiger partial charge on any atom is -0.486 e. The number of benzene rings is 1. The monoisotopic (exact) mass is 402 g/mol. The Balaban J connectivity index is 1.46. The Hall–Kier alpha value is -2.31. The normalized spacial score (nSPS) is 15.2. The second-order valence-corrected chi connectivity index (χ2v) is 7.38. The summed E-state index contributed by atoms with van der Waals surface area (Å²) in [5.74, 6) is 0.557. The Bertz CT molecular complexity index is 764. The molecular weight excluding hydrogens is 376 g/mol. The van der Waals surface area contributed by atoms with Crippen molar-refractivity contribution >= 4 is 23.3 Å². The summed E-state index contributed by atoms with van der Waals surface area (Å²) in [5.41, 5.74) is 1.46. The second kappa shape index (κ2) is 10.3. The van der Waals surface area contributed by atoms with Crippen molar-refractivity contribution in [2.75, 3.05) is 25.0 Å². The molecule has 1 saturated heterocycles. The number of likely N-dealkylation sites (tertiary alicyclic amines) is 1. The number of rotatable bonds is 7. The van der Waals surface area contributed by atoms with E-state index in [0.29, 0.717) is 23.1 Å². The molecule has 0 unspecified atom stereocenters. The molecule has 1 aliphatic heterocycles. The molecule has 1 aliphatic rings. The van der Waals surface area contributed by atoms with Gasteiger partial charge in [0.1, 0.15) is 12.4 Å². The third-order valence-corrected chi connectivity index (χ3v) is 5.05. The number of aromatic nitrogens is 1. The first-order valence-corrected chi connectivity index (χ1v) is 10.1. The molecule has 0 atom stereocenters. The third kappa shape index (κ3) is 6.11. The van der Waals surface area contributed by atoms with Crippen LogP contribution < -0.4 is 15.4 Å². The molecule has 0 bridgehead atoms. The van der Waals surface area contributed by atoms with Crippen LogP contribution in [0.2, 0.25) is 5.02 Å². The van der Waals surface area contributed by atoms with E-state index in [1.54, 1.807) is 24.4 Å². The molecule has 28 heavy (non-hydrogen) atoms. The van der Waals surface area contributed by atoms with E-state index in [1.807, 2.05) is 18.2 Å². The van der Waals surface area contributed by atoms with Crippen molar-refractivity contribution in [3.8, 4) is 5.75 Å². The molecule has 0 aliphatic carbocycles. The smallest absolute Gasteiger partial charge is 0.319 e. The lowest BCUT2D eigenvalue weighted by Gasteiger charge is -2.32. The summed E-state index contributed by atoms with van der Waals surface area (Å²) in [5, 5.41) is 6.35. The third-order valence-electron chi connectivity index (χ3n) is 4.75. The Morgan fingerprint density at radius 2 is 2.11 bits per heavy atom. The lowest BCUT2D eigenvalue weighted by atomic mass is 10.1. The van der Waals surface area contributed by atoms with Crippen LogP contribution in [0.15, 0.2) is 42.6 Å². The van der Waals surface area contributed by atoms with Crippen LogP contribution >= 0.6 is 11.6 Å². The summed E-state index contributed by atoms with van der Waals surface area (Å²) >= 11 is 6.29. The van der Waals surface area contributed by atoms with Crippen LogP contribution in [-0.4, -0.2) is 41.6 Å². The first-order chi connectivity index (χ1) is 13.6. The summed E-state index contributed by atoms with van der Waals surface area (Å²) in [6, 6.07) is 10.9. The van der Waals surface area contributed by atoms with E-state index >= 15 is 0 Å². The maximum absolute atomic E-state index is 12.3. The number of urea groups is 1. The molecule has 6 nitrogen and oxygen atoms in total. The molecule has 1 fully saturated rings. The molecule has 2 aromatic rings. The lowest BCUT2D eigenvalue weighted by Crippen LogP contribution is -2.46. The van der Waals surface area contributed by atoms with Crippen molar-refractivity contribution in [3.05, 3.63) is 53.3 Å². The van der Waals surface area contributed by atoms with Crippen molar-refractivity contribution in [3.63, 3.8) is 0 Å². The number of nitrogens with one attached hydrogen (secondary N) is 2. The van der Waals surface area contributed by atoms with E-state index in [1.165, 1.54) is 6.42 Å². The number of pyridine rings is 1. The SMILES string of the molecule is CCCN1CCC(NC(=O)Nc2ccc(OCc3ccccn3)c(Cl)c2)CC1. The average Bonchev–Trinajstić information content (AvgIpc) is 2.70. The summed E-state index contributed by atoms with van der Waals surface area (Å²) in [7, 11) is 0. The first-order valence-electron chi connectivity index (χ1n) is 9.76. The molecule has 0 radical (unpaired) electrons. The van der Waals surface area contributed by atoms with Gasteiger partial charge < -0.3 is 20.3 Å². The van der Waals surface area contributed by atoms with Crippen LogP contribution in [0.5, 0.6) is 5.75 Å². The highest BCUT2D eigenvalue weighted by Crippen LogP contribution is 2.28. The second-order valence-electron chi connectivity index (χ2n) is 6.97. The quantitative estimate of drug-likeness (QED) is 0.724. The van der Waals surface area contributed by atoms with Gasteiger partial charge >= 0.3 is 6.03 Å². The van der Waals surface area contributed by atoms with Gasteiger partial charge in [0.2, 0.25) is 0 Å². The summed E-state index contributed by atoms with van der Waals surface area (Å²) < 4.78 is 5.71. The fraction of sp³-hybridized carbons (Fsp3) is 0.429. The standard InChI is InChI=1S/C21H27ClN4O2/c1-2-11-26-12-8-16(9-13-26)24-21(27)25-17-6-7-20(19(22)14-17)28-15-18-5-3-4-10-23-18/h3-7,10,14,16H,2,8-9,11-13,15H2,1H3,(H2,24,25,27). The van der Waals surface area contributed by atoms with Crippen LogP contribution in [0.4, 0.5) is 10.5 Å². The highest BCUT2D eigenvalue weighted by Gasteiger charge is 2.20. The number of nitrogens with zero attached hydrogens (tertiary/aromatic N) is 2. The van der Waals surface area contributed by atoms with Crippen LogP contribution in [0.25, 0.3) is 0 Å². The molecule has 0 spiro atoms. The summed E-state index contributed by atoms with van der Waals surface area (Å²) in [6.45, 7) is 5.73. The van der Waals surface area contributed by atoms with Gasteiger partial charge in [-0.2, -0.15) is 0 Å². The predicted molar refractivity (Wildman–Crippen MR) is 112 cm³/mol. The fourth-order valence-electron chi connectivity index (χ4n) is 3.30. The van der Waals surface area contributed by atoms with Crippen molar-refractivity contribution in [2.45, 2.75) is 38.8 Å². The van der Waals surface area contributed by atoms with E-state index in [4.69, 9.17) is 16.3 Å². The van der Waals surface area contributed by atoms with Gasteiger partial charge in [0.05, 0.1) is 10.7 Å². The topological polar surface area (TPSA) is 66.5 Å². The lowest BCUT2D eigenvalue weighted by molar-refractivity contribution is 0.196. The van der Waals surface area contributed by atoms with Gasteiger partial charge in [-0.25, -0.2) is 4.79 Å². The largest absolute Gasteiger partial charge is 0.486 e. The minimum atomic E-state index is -0.202. The van der Waals surface area contributed by atoms with Crippen LogP contribution in [-0.2, 0) is 6.61 Å². The zero-order valence-corrected chi connectivity index (χ0v) is 16.9. The van der Waals surface area contributed by atoms with Gasteiger partial charge in [-0.05, 0) is 56.1 Å². The molecular formula is C21H27ClN4O2. The zero-order chi connectivity index (χ0) is 19.8. The molecule has 2 amide bonds. The molecule has 0 saturated carbocycles. The average molecular weight is 403 g/mol. The Morgan fingerprint density at radius 1 is 1.29 bits per heavy atom. The van der Waals surface area contributed by atoms with Gasteiger partial charge in [0.25, 0.3) is 0 Å². The summed E-state index contributed by atoms with van der Waals surface area (Å²) in [4.78, 5) is 18.9. The van der Waals surface area contributed by atoms with E-state index in [9.17, 15) is 4.79 Å². The van der Waals surface area contributed by atoms with E-state index in [2.05, 4.69) is 27.4 Å². The van der Waals surface area contributed by atoms with Crippen LogP contribution in [0.1, 0.15) is 31.9 Å². The number of carbonyl (C=O) groups excluding carboxylic acids is 1. The molecule has 1 aromatic carbocycles. The number of hydrogen-bond acceptors (Lipinski definition) is 4. The van der Waals surface area contributed by atoms with Gasteiger partial charge in [0.15, 0.2) is 0 Å². The summed E-state index contributed by atoms with van der Waals surface area (Å²) in [6.07, 6.45) is 4.85. The highest BCUT2D eigenvalue weighted by molar-refractivity contribution is 6.32. The molecule has 1 aromatic heterocycles. The van der Waals surface area contributed by atoms with Crippen molar-refractivity contribution in [2.24, 2.45) is 0 Å². The predicted octanol–water partition coefficient (Wildman–Crippen LogP) is 4.31. The molecule has 3 rings (SSSR count). The van der Waals surface area contributed by atoms with Gasteiger partial charge in [-0.3, -0.25) is 4.98 Å². The maximum Gasteiger partial charge on any atom is 0.319 e. The van der Waals surface area contributed by atoms with Crippen molar-refractivity contribution in [1.82, 2.24) is 15.2 Å². The zero-order valence-electron chi connectivity index (χ0n) is 16.2. The van der Waals surface area contributed by atoms with Crippen molar-refractivity contribution < 1.29 is 9.53 Å². The molecule has 2 heterocycles. The number of ether oxygens (including phenoxy) is 1. The van der Waals surface area contributed by atoms with Crippen LogP contribution in [0.3, 0.4) is 0 Å². The van der Waals surface area contributed by atoms with Crippen LogP contribution in [0, 0.1) is 0 Å². The van der Waals surface area contributed by atoms with Gasteiger partial charge in [-0.1, -0.05) is 24.6 Å². The molecule has 150 valence electrons. The number of anilines is 1.